The molecule has 0 spiro atoms. The molecule has 7 nitrogen and oxygen atoms in total. The Morgan fingerprint density at radius 1 is 0.977 bits per heavy atom. The van der Waals surface area contributed by atoms with Gasteiger partial charge in [0.25, 0.3) is 0 Å². The van der Waals surface area contributed by atoms with Crippen LogP contribution in [-0.2, 0) is 19.2 Å². The minimum atomic E-state index is -1.30. The highest BCUT2D eigenvalue weighted by Crippen LogP contribution is 2.64. The van der Waals surface area contributed by atoms with Gasteiger partial charge in [-0.15, -0.1) is 0 Å². The summed E-state index contributed by atoms with van der Waals surface area (Å²) in [4.78, 5) is 59.2. The van der Waals surface area contributed by atoms with Crippen LogP contribution in [0.5, 0.6) is 5.75 Å². The summed E-state index contributed by atoms with van der Waals surface area (Å²) in [6.07, 6.45) is 7.27. The molecule has 43 heavy (non-hydrogen) atoms. The number of phenols is 1. The largest absolute Gasteiger partial charge is 0.507 e. The van der Waals surface area contributed by atoms with Crippen LogP contribution in [0.25, 0.3) is 0 Å². The van der Waals surface area contributed by atoms with Crippen molar-refractivity contribution >= 4 is 40.9 Å². The number of hydrogen-bond donors (Lipinski definition) is 1. The quantitative estimate of drug-likeness (QED) is 0.340. The summed E-state index contributed by atoms with van der Waals surface area (Å²) in [7, 11) is 0. The van der Waals surface area contributed by atoms with Gasteiger partial charge in [0.05, 0.1) is 33.9 Å². The Labute approximate surface area is 254 Å². The van der Waals surface area contributed by atoms with Crippen LogP contribution < -0.4 is 4.90 Å². The molecular formula is C34H34ClFN2O5. The van der Waals surface area contributed by atoms with Crippen LogP contribution in [0.3, 0.4) is 0 Å². The lowest BCUT2D eigenvalue weighted by Gasteiger charge is -2.49. The molecule has 0 aromatic heterocycles. The van der Waals surface area contributed by atoms with Gasteiger partial charge in [-0.25, -0.2) is 9.29 Å². The van der Waals surface area contributed by atoms with Gasteiger partial charge in [0.1, 0.15) is 11.6 Å². The number of carbonyl (C=O) groups is 4. The van der Waals surface area contributed by atoms with Crippen LogP contribution in [0.1, 0.15) is 68.9 Å². The molecule has 4 fully saturated rings. The zero-order chi connectivity index (χ0) is 30.4. The molecule has 4 amide bonds. The van der Waals surface area contributed by atoms with Crippen LogP contribution in [-0.4, -0.2) is 39.7 Å². The van der Waals surface area contributed by atoms with E-state index < -0.39 is 52.6 Å². The summed E-state index contributed by atoms with van der Waals surface area (Å²) in [5, 5.41) is 11.1. The first-order valence-corrected chi connectivity index (χ1v) is 15.6. The van der Waals surface area contributed by atoms with E-state index in [0.29, 0.717) is 17.5 Å². The smallest absolute Gasteiger partial charge is 0.241 e. The Balaban J connectivity index is 1.36. The number of halogens is 2. The second kappa shape index (κ2) is 10.0. The van der Waals surface area contributed by atoms with Crippen molar-refractivity contribution in [2.75, 3.05) is 4.90 Å². The zero-order valence-electron chi connectivity index (χ0n) is 24.2. The molecule has 7 rings (SSSR count). The topological polar surface area (TPSA) is 95.0 Å². The maximum atomic E-state index is 14.5. The molecule has 2 saturated carbocycles. The van der Waals surface area contributed by atoms with Crippen molar-refractivity contribution in [1.82, 2.24) is 4.90 Å². The third kappa shape index (κ3) is 3.91. The summed E-state index contributed by atoms with van der Waals surface area (Å²) >= 11 is 6.07. The normalized spacial score (nSPS) is 32.6. The average molecular weight is 605 g/mol. The maximum Gasteiger partial charge on any atom is 0.241 e. The number of rotatable bonds is 3. The number of likely N-dealkylation sites (tertiary alicyclic amines) is 1. The first kappa shape index (κ1) is 28.3. The number of aromatic hydroxyl groups is 1. The van der Waals surface area contributed by atoms with Gasteiger partial charge in [-0.1, -0.05) is 60.7 Å². The molecule has 5 aliphatic rings. The van der Waals surface area contributed by atoms with Gasteiger partial charge in [0, 0.05) is 17.5 Å². The van der Waals surface area contributed by atoms with Crippen molar-refractivity contribution in [3.8, 4) is 5.75 Å². The molecule has 1 N–H and O–H groups in total. The van der Waals surface area contributed by atoms with Crippen LogP contribution in [0.2, 0.25) is 5.02 Å². The number of benzene rings is 2. The van der Waals surface area contributed by atoms with Gasteiger partial charge in [0.2, 0.25) is 23.6 Å². The van der Waals surface area contributed by atoms with Crippen molar-refractivity contribution in [2.24, 2.45) is 29.1 Å². The number of fused-ring (bicyclic) bond motifs is 4. The lowest BCUT2D eigenvalue weighted by molar-refractivity contribution is -0.144. The third-order valence-electron chi connectivity index (χ3n) is 11.0. The number of aryl methyl sites for hydroxylation is 1. The molecule has 6 atom stereocenters. The number of phenolic OH excluding ortho intramolecular Hbond substituents is 1. The molecule has 2 heterocycles. The summed E-state index contributed by atoms with van der Waals surface area (Å²) in [6.45, 7) is 3.54. The van der Waals surface area contributed by atoms with Crippen LogP contribution in [0.4, 0.5) is 10.1 Å². The highest BCUT2D eigenvalue weighted by Gasteiger charge is 2.68. The van der Waals surface area contributed by atoms with Gasteiger partial charge in [0.15, 0.2) is 0 Å². The number of imide groups is 2. The summed E-state index contributed by atoms with van der Waals surface area (Å²) in [5.41, 5.74) is 0.849. The lowest BCUT2D eigenvalue weighted by atomic mass is 9.51. The number of para-hydroxylation sites is 1. The van der Waals surface area contributed by atoms with E-state index in [1.807, 2.05) is 12.1 Å². The van der Waals surface area contributed by atoms with Gasteiger partial charge in [-0.3, -0.25) is 24.1 Å². The molecule has 2 aromatic carbocycles. The number of amides is 4. The number of nitrogens with zero attached hydrogens (tertiary/aromatic N) is 2. The van der Waals surface area contributed by atoms with Crippen molar-refractivity contribution < 1.29 is 28.7 Å². The molecule has 9 heteroatoms. The fourth-order valence-corrected chi connectivity index (χ4v) is 9.04. The van der Waals surface area contributed by atoms with Gasteiger partial charge < -0.3 is 5.11 Å². The highest BCUT2D eigenvalue weighted by atomic mass is 35.5. The maximum absolute atomic E-state index is 14.5. The number of anilines is 1. The van der Waals surface area contributed by atoms with E-state index in [1.54, 1.807) is 26.0 Å². The van der Waals surface area contributed by atoms with Crippen molar-refractivity contribution in [3.63, 3.8) is 0 Å². The minimum Gasteiger partial charge on any atom is -0.507 e. The van der Waals surface area contributed by atoms with Crippen LogP contribution >= 0.6 is 11.6 Å². The Kier molecular flexibility index (Phi) is 6.58. The molecule has 0 radical (unpaired) electrons. The van der Waals surface area contributed by atoms with Gasteiger partial charge >= 0.3 is 0 Å². The second-order valence-electron chi connectivity index (χ2n) is 13.1. The predicted octanol–water partition coefficient (Wildman–Crippen LogP) is 6.06. The Bertz CT molecular complexity index is 1620. The van der Waals surface area contributed by atoms with Crippen LogP contribution in [0, 0.1) is 41.8 Å². The summed E-state index contributed by atoms with van der Waals surface area (Å²) in [5.74, 6) is -4.94. The molecule has 6 unspecified atom stereocenters. The SMILES string of the molecule is Cc1cccc(C2C3=CCC4C(=O)N(C5CCCCC5)C(=O)C4C3CC3C(=O)N(c4ccc(F)c(Cl)c4)C(=O)C32C)c1O. The average Bonchev–Trinajstić information content (AvgIpc) is 3.36. The van der Waals surface area contributed by atoms with Gasteiger partial charge in [-0.05, 0) is 69.2 Å². The molecule has 2 aliphatic heterocycles. The predicted molar refractivity (Wildman–Crippen MR) is 158 cm³/mol. The summed E-state index contributed by atoms with van der Waals surface area (Å²) < 4.78 is 14.1. The third-order valence-corrected chi connectivity index (χ3v) is 11.3. The first-order chi connectivity index (χ1) is 20.6. The standard InChI is InChI=1S/C34H34ClFN2O5/c1-17-7-6-10-22(29(17)39)28-20-12-13-21-27(32(42)37(30(21)40)18-8-4-3-5-9-18)23(20)16-24-31(41)38(33(43)34(24,28)2)19-11-14-26(36)25(35)15-19/h6-7,10-12,14-15,18,21,23-24,27-28,39H,3-5,8-9,13,16H2,1-2H3. The van der Waals surface area contributed by atoms with E-state index in [0.717, 1.165) is 48.6 Å². The Hall–Kier alpha value is -3.52. The molecular weight excluding hydrogens is 571 g/mol. The van der Waals surface area contributed by atoms with Gasteiger partial charge in [-0.2, -0.15) is 0 Å². The fraction of sp³-hybridized carbons (Fsp3) is 0.471. The van der Waals surface area contributed by atoms with E-state index in [9.17, 15) is 28.7 Å². The molecule has 3 aliphatic carbocycles. The molecule has 2 aromatic rings. The van der Waals surface area contributed by atoms with E-state index in [1.165, 1.54) is 17.0 Å². The first-order valence-electron chi connectivity index (χ1n) is 15.2. The van der Waals surface area contributed by atoms with Crippen molar-refractivity contribution in [2.45, 2.75) is 70.8 Å². The number of hydrogen-bond acceptors (Lipinski definition) is 5. The lowest BCUT2D eigenvalue weighted by Crippen LogP contribution is -2.49. The molecule has 2 saturated heterocycles. The van der Waals surface area contributed by atoms with Crippen LogP contribution in [0.15, 0.2) is 48.0 Å². The van der Waals surface area contributed by atoms with E-state index >= 15 is 0 Å². The number of allylic oxidation sites excluding steroid dienone is 2. The molecule has 0 bridgehead atoms. The Morgan fingerprint density at radius 3 is 2.44 bits per heavy atom. The van der Waals surface area contributed by atoms with E-state index in [-0.39, 0.29) is 40.7 Å². The minimum absolute atomic E-state index is 0.0392. The second-order valence-corrected chi connectivity index (χ2v) is 13.5. The molecule has 224 valence electrons. The van der Waals surface area contributed by atoms with Crippen molar-refractivity contribution in [1.29, 1.82) is 0 Å². The van der Waals surface area contributed by atoms with Crippen molar-refractivity contribution in [3.05, 3.63) is 70.0 Å². The number of carbonyl (C=O) groups excluding carboxylic acids is 4. The summed E-state index contributed by atoms with van der Waals surface area (Å²) in [6, 6.07) is 9.03. The van der Waals surface area contributed by atoms with E-state index in [2.05, 4.69) is 0 Å². The highest BCUT2D eigenvalue weighted by molar-refractivity contribution is 6.31. The van der Waals surface area contributed by atoms with E-state index in [4.69, 9.17) is 11.6 Å². The fourth-order valence-electron chi connectivity index (χ4n) is 8.87. The monoisotopic (exact) mass is 604 g/mol. The zero-order valence-corrected chi connectivity index (χ0v) is 24.9. The Morgan fingerprint density at radius 2 is 1.72 bits per heavy atom.